The quantitative estimate of drug-likeness (QED) is 0.847. The molecule has 0 aliphatic heterocycles. The summed E-state index contributed by atoms with van der Waals surface area (Å²) in [5.74, 6) is -1.09. The molecule has 0 radical (unpaired) electrons. The van der Waals surface area contributed by atoms with Crippen molar-refractivity contribution in [3.63, 3.8) is 0 Å². The Morgan fingerprint density at radius 3 is 2.57 bits per heavy atom. The van der Waals surface area contributed by atoms with Crippen LogP contribution in [0.4, 0.5) is 0 Å². The van der Waals surface area contributed by atoms with E-state index in [2.05, 4.69) is 20.7 Å². The topological polar surface area (TPSA) is 110 Å². The highest BCUT2D eigenvalue weighted by Gasteiger charge is 2.45. The predicted octanol–water partition coefficient (Wildman–Crippen LogP) is 1.12. The lowest BCUT2D eigenvalue weighted by Crippen LogP contribution is -2.59. The molecule has 3 rings (SSSR count). The molecule has 1 aliphatic carbocycles. The summed E-state index contributed by atoms with van der Waals surface area (Å²) in [6, 6.07) is 6.91. The monoisotopic (exact) mass is 335 g/mol. The fourth-order valence-corrected chi connectivity index (χ4v) is 2.51. The zero-order valence-corrected chi connectivity index (χ0v) is 12.8. The summed E-state index contributed by atoms with van der Waals surface area (Å²) in [6.07, 6.45) is 1.67. The minimum Gasteiger partial charge on any atom is -0.480 e. The zero-order chi connectivity index (χ0) is 16.4. The van der Waals surface area contributed by atoms with Gasteiger partial charge in [0.25, 0.3) is 0 Å². The van der Waals surface area contributed by atoms with Gasteiger partial charge in [-0.2, -0.15) is 4.80 Å². The second-order valence-corrected chi connectivity index (χ2v) is 5.88. The summed E-state index contributed by atoms with van der Waals surface area (Å²) in [6.45, 7) is -0.185. The molecule has 0 bridgehead atoms. The number of tetrazole rings is 1. The minimum absolute atomic E-state index is 0.185. The molecule has 1 amide bonds. The molecule has 120 valence electrons. The number of nitrogens with one attached hydrogen (secondary N) is 1. The second kappa shape index (κ2) is 5.96. The van der Waals surface area contributed by atoms with Gasteiger partial charge in [0, 0.05) is 10.6 Å². The van der Waals surface area contributed by atoms with E-state index in [1.807, 2.05) is 0 Å². The third kappa shape index (κ3) is 3.16. The minimum atomic E-state index is -1.14. The number of amides is 1. The lowest BCUT2D eigenvalue weighted by Gasteiger charge is -2.38. The van der Waals surface area contributed by atoms with Gasteiger partial charge in [0.15, 0.2) is 0 Å². The highest BCUT2D eigenvalue weighted by atomic mass is 35.5. The molecule has 0 saturated heterocycles. The maximum absolute atomic E-state index is 12.0. The first kappa shape index (κ1) is 15.4. The van der Waals surface area contributed by atoms with Gasteiger partial charge < -0.3 is 10.4 Å². The lowest BCUT2D eigenvalue weighted by atomic mass is 9.77. The number of carboxylic acids is 1. The number of hydrogen-bond acceptors (Lipinski definition) is 5. The van der Waals surface area contributed by atoms with E-state index in [4.69, 9.17) is 11.6 Å². The van der Waals surface area contributed by atoms with Gasteiger partial charge >= 0.3 is 5.97 Å². The molecule has 9 heteroatoms. The number of carbonyl (C=O) groups excluding carboxylic acids is 1. The molecule has 1 aromatic carbocycles. The van der Waals surface area contributed by atoms with Crippen molar-refractivity contribution in [3.05, 3.63) is 29.3 Å². The summed E-state index contributed by atoms with van der Waals surface area (Å²) in [5, 5.41) is 24.1. The van der Waals surface area contributed by atoms with E-state index in [0.717, 1.165) is 16.8 Å². The summed E-state index contributed by atoms with van der Waals surface area (Å²) in [5.41, 5.74) is -0.418. The van der Waals surface area contributed by atoms with Gasteiger partial charge in [-0.05, 0) is 48.7 Å². The number of nitrogens with zero attached hydrogens (tertiary/aromatic N) is 4. The third-order valence-electron chi connectivity index (χ3n) is 3.84. The number of halogens is 1. The summed E-state index contributed by atoms with van der Waals surface area (Å²) in [7, 11) is 0. The Hall–Kier alpha value is -2.48. The van der Waals surface area contributed by atoms with Crippen molar-refractivity contribution in [1.29, 1.82) is 0 Å². The molecule has 2 N–H and O–H groups in total. The van der Waals surface area contributed by atoms with Crippen molar-refractivity contribution in [2.45, 2.75) is 31.3 Å². The van der Waals surface area contributed by atoms with Crippen LogP contribution in [0.5, 0.6) is 0 Å². The van der Waals surface area contributed by atoms with Crippen LogP contribution in [0.3, 0.4) is 0 Å². The number of carbonyl (C=O) groups is 2. The normalized spacial score (nSPS) is 15.7. The van der Waals surface area contributed by atoms with Gasteiger partial charge in [0.2, 0.25) is 11.7 Å². The average molecular weight is 336 g/mol. The largest absolute Gasteiger partial charge is 0.480 e. The van der Waals surface area contributed by atoms with Gasteiger partial charge in [-0.25, -0.2) is 4.79 Å². The van der Waals surface area contributed by atoms with Crippen molar-refractivity contribution in [2.24, 2.45) is 0 Å². The Morgan fingerprint density at radius 2 is 2.00 bits per heavy atom. The number of benzene rings is 1. The number of rotatable bonds is 5. The maximum Gasteiger partial charge on any atom is 0.329 e. The first-order chi connectivity index (χ1) is 11.0. The zero-order valence-electron chi connectivity index (χ0n) is 12.1. The Bertz CT molecular complexity index is 739. The van der Waals surface area contributed by atoms with Crippen LogP contribution in [0.2, 0.25) is 5.02 Å². The van der Waals surface area contributed by atoms with E-state index < -0.39 is 17.4 Å². The van der Waals surface area contributed by atoms with E-state index in [0.29, 0.717) is 23.7 Å². The first-order valence-electron chi connectivity index (χ1n) is 7.07. The molecule has 1 aliphatic rings. The van der Waals surface area contributed by atoms with Crippen molar-refractivity contribution in [1.82, 2.24) is 25.5 Å². The molecular formula is C14H14ClN5O3. The SMILES string of the molecule is O=C(Cn1nnc(-c2ccc(Cl)cc2)n1)NC1(C(=O)O)CCC1. The number of carboxylic acid groups (broad SMARTS) is 1. The molecule has 23 heavy (non-hydrogen) atoms. The highest BCUT2D eigenvalue weighted by Crippen LogP contribution is 2.31. The number of hydrogen-bond donors (Lipinski definition) is 2. The van der Waals surface area contributed by atoms with Gasteiger partial charge in [0.1, 0.15) is 12.1 Å². The summed E-state index contributed by atoms with van der Waals surface area (Å²) in [4.78, 5) is 24.4. The van der Waals surface area contributed by atoms with Crippen LogP contribution in [0.25, 0.3) is 11.4 Å². The van der Waals surface area contributed by atoms with Gasteiger partial charge in [0.05, 0.1) is 0 Å². The average Bonchev–Trinajstić information content (AvgIpc) is 2.91. The predicted molar refractivity (Wildman–Crippen MR) is 80.6 cm³/mol. The fourth-order valence-electron chi connectivity index (χ4n) is 2.38. The van der Waals surface area contributed by atoms with Gasteiger partial charge in [-0.3, -0.25) is 4.79 Å². The molecule has 1 aromatic heterocycles. The molecule has 2 aromatic rings. The van der Waals surface area contributed by atoms with Crippen LogP contribution in [0.15, 0.2) is 24.3 Å². The lowest BCUT2D eigenvalue weighted by molar-refractivity contribution is -0.152. The molecule has 1 heterocycles. The van der Waals surface area contributed by atoms with E-state index in [1.54, 1.807) is 24.3 Å². The Kier molecular flexibility index (Phi) is 3.99. The smallest absolute Gasteiger partial charge is 0.329 e. The molecule has 0 unspecified atom stereocenters. The van der Waals surface area contributed by atoms with Crippen LogP contribution in [0, 0.1) is 0 Å². The molecule has 1 saturated carbocycles. The van der Waals surface area contributed by atoms with Crippen LogP contribution in [-0.2, 0) is 16.1 Å². The fraction of sp³-hybridized carbons (Fsp3) is 0.357. The summed E-state index contributed by atoms with van der Waals surface area (Å²) < 4.78 is 0. The molecule has 8 nitrogen and oxygen atoms in total. The van der Waals surface area contributed by atoms with E-state index >= 15 is 0 Å². The Labute approximate surface area is 136 Å². The van der Waals surface area contributed by atoms with Crippen LogP contribution in [0.1, 0.15) is 19.3 Å². The maximum atomic E-state index is 12.0. The van der Waals surface area contributed by atoms with E-state index in [1.165, 1.54) is 0 Å². The van der Waals surface area contributed by atoms with Crippen molar-refractivity contribution < 1.29 is 14.7 Å². The van der Waals surface area contributed by atoms with Crippen molar-refractivity contribution in [3.8, 4) is 11.4 Å². The van der Waals surface area contributed by atoms with Gasteiger partial charge in [-0.1, -0.05) is 11.6 Å². The van der Waals surface area contributed by atoms with Gasteiger partial charge in [-0.15, -0.1) is 10.2 Å². The van der Waals surface area contributed by atoms with Crippen LogP contribution in [-0.4, -0.2) is 42.7 Å². The second-order valence-electron chi connectivity index (χ2n) is 5.44. The van der Waals surface area contributed by atoms with Crippen LogP contribution < -0.4 is 5.32 Å². The van der Waals surface area contributed by atoms with Crippen molar-refractivity contribution in [2.75, 3.05) is 0 Å². The Balaban J connectivity index is 1.66. The van der Waals surface area contributed by atoms with Crippen LogP contribution >= 0.6 is 11.6 Å². The summed E-state index contributed by atoms with van der Waals surface area (Å²) >= 11 is 5.82. The first-order valence-corrected chi connectivity index (χ1v) is 7.44. The van der Waals surface area contributed by atoms with E-state index in [-0.39, 0.29) is 6.54 Å². The highest BCUT2D eigenvalue weighted by molar-refractivity contribution is 6.30. The molecule has 1 fully saturated rings. The Morgan fingerprint density at radius 1 is 1.30 bits per heavy atom. The molecular weight excluding hydrogens is 322 g/mol. The number of aliphatic carboxylic acids is 1. The number of aromatic nitrogens is 4. The molecule has 0 spiro atoms. The third-order valence-corrected chi connectivity index (χ3v) is 4.09. The molecule has 0 atom stereocenters. The van der Waals surface area contributed by atoms with E-state index in [9.17, 15) is 14.7 Å². The standard InChI is InChI=1S/C14H14ClN5O3/c15-10-4-2-9(3-5-10)12-17-19-20(18-12)8-11(21)16-14(13(22)23)6-1-7-14/h2-5H,1,6-8H2,(H,16,21)(H,22,23). The van der Waals surface area contributed by atoms with Crippen molar-refractivity contribution >= 4 is 23.5 Å².